The molecule has 0 N–H and O–H groups in total. The molecule has 1 aliphatic rings. The highest BCUT2D eigenvalue weighted by Crippen LogP contribution is 2.39. The van der Waals surface area contributed by atoms with E-state index in [1.165, 1.54) is 0 Å². The first-order valence-corrected chi connectivity index (χ1v) is 10.9. The van der Waals surface area contributed by atoms with Crippen LogP contribution in [0.15, 0.2) is 72.1 Å². The van der Waals surface area contributed by atoms with E-state index in [9.17, 15) is 9.59 Å². The van der Waals surface area contributed by atoms with Crippen LogP contribution in [0.25, 0.3) is 0 Å². The Morgan fingerprint density at radius 3 is 1.73 bits per heavy atom. The molecule has 0 saturated heterocycles. The largest absolute Gasteiger partial charge is 0.497 e. The molecule has 1 heterocycles. The molecule has 2 aromatic carbocycles. The number of hydrogen-bond donors (Lipinski definition) is 0. The van der Waals surface area contributed by atoms with Crippen LogP contribution >= 0.6 is 0 Å². The van der Waals surface area contributed by atoms with Crippen LogP contribution in [-0.2, 0) is 19.1 Å². The minimum absolute atomic E-state index is 0.215. The molecule has 2 aromatic rings. The molecule has 1 aliphatic heterocycles. The summed E-state index contributed by atoms with van der Waals surface area (Å²) in [6, 6.07) is 14.6. The number of esters is 2. The quantitative estimate of drug-likeness (QED) is 0.516. The van der Waals surface area contributed by atoms with E-state index in [1.54, 1.807) is 50.4 Å². The molecule has 0 spiro atoms. The molecule has 7 nitrogen and oxygen atoms in total. The fourth-order valence-corrected chi connectivity index (χ4v) is 3.61. The van der Waals surface area contributed by atoms with E-state index in [0.29, 0.717) is 23.5 Å². The average Bonchev–Trinajstić information content (AvgIpc) is 2.84. The van der Waals surface area contributed by atoms with Gasteiger partial charge in [-0.2, -0.15) is 0 Å². The highest BCUT2D eigenvalue weighted by Gasteiger charge is 2.36. The molecule has 0 amide bonds. The molecule has 0 saturated carbocycles. The highest BCUT2D eigenvalue weighted by molar-refractivity contribution is 6.00. The zero-order chi connectivity index (χ0) is 23.8. The predicted molar refractivity (Wildman–Crippen MR) is 125 cm³/mol. The van der Waals surface area contributed by atoms with Crippen molar-refractivity contribution in [2.75, 3.05) is 31.8 Å². The summed E-state index contributed by atoms with van der Waals surface area (Å²) in [5.41, 5.74) is 2.18. The maximum absolute atomic E-state index is 13.0. The van der Waals surface area contributed by atoms with Gasteiger partial charge in [-0.05, 0) is 62.7 Å². The van der Waals surface area contributed by atoms with Crippen molar-refractivity contribution < 1.29 is 28.5 Å². The fraction of sp³-hybridized carbons (Fsp3) is 0.308. The van der Waals surface area contributed by atoms with Crippen LogP contribution in [0.1, 0.15) is 32.3 Å². The average molecular weight is 452 g/mol. The van der Waals surface area contributed by atoms with Crippen LogP contribution in [0.4, 0.5) is 5.69 Å². The number of nitrogens with zero attached hydrogens (tertiary/aromatic N) is 1. The summed E-state index contributed by atoms with van der Waals surface area (Å²) in [7, 11) is 1.58. The molecular weight excluding hydrogens is 422 g/mol. The van der Waals surface area contributed by atoms with E-state index in [0.717, 1.165) is 17.0 Å². The zero-order valence-electron chi connectivity index (χ0n) is 19.4. The minimum Gasteiger partial charge on any atom is -0.497 e. The summed E-state index contributed by atoms with van der Waals surface area (Å²) in [5.74, 6) is -0.228. The summed E-state index contributed by atoms with van der Waals surface area (Å²) in [6.07, 6.45) is 3.40. The van der Waals surface area contributed by atoms with Crippen molar-refractivity contribution in [3.8, 4) is 11.5 Å². The smallest absolute Gasteiger partial charge is 0.336 e. The summed E-state index contributed by atoms with van der Waals surface area (Å²) < 4.78 is 21.5. The second-order valence-corrected chi connectivity index (χ2v) is 7.15. The van der Waals surface area contributed by atoms with Crippen molar-refractivity contribution in [2.45, 2.75) is 26.7 Å². The number of anilines is 1. The molecule has 0 aromatic heterocycles. The second-order valence-electron chi connectivity index (χ2n) is 7.15. The normalized spacial score (nSPS) is 13.6. The fourth-order valence-electron chi connectivity index (χ4n) is 3.61. The van der Waals surface area contributed by atoms with Crippen molar-refractivity contribution in [1.29, 1.82) is 0 Å². The summed E-state index contributed by atoms with van der Waals surface area (Å²) in [4.78, 5) is 27.7. The molecule has 33 heavy (non-hydrogen) atoms. The molecule has 7 heteroatoms. The second kappa shape index (κ2) is 11.2. The van der Waals surface area contributed by atoms with Gasteiger partial charge in [-0.25, -0.2) is 9.59 Å². The monoisotopic (exact) mass is 451 g/mol. The van der Waals surface area contributed by atoms with Gasteiger partial charge in [0.25, 0.3) is 0 Å². The Bertz CT molecular complexity index is 988. The Hall–Kier alpha value is -3.74. The third-order valence-electron chi connectivity index (χ3n) is 5.10. The van der Waals surface area contributed by atoms with Crippen LogP contribution < -0.4 is 14.4 Å². The Kier molecular flexibility index (Phi) is 8.13. The number of rotatable bonds is 9. The van der Waals surface area contributed by atoms with E-state index < -0.39 is 17.9 Å². The number of benzene rings is 2. The van der Waals surface area contributed by atoms with Crippen LogP contribution in [-0.4, -0.2) is 38.9 Å². The first-order valence-electron chi connectivity index (χ1n) is 10.9. The van der Waals surface area contributed by atoms with Gasteiger partial charge in [-0.1, -0.05) is 12.1 Å². The van der Waals surface area contributed by atoms with E-state index in [4.69, 9.17) is 18.9 Å². The first kappa shape index (κ1) is 23.9. The van der Waals surface area contributed by atoms with Crippen LogP contribution in [0.5, 0.6) is 11.5 Å². The van der Waals surface area contributed by atoms with Gasteiger partial charge in [-0.3, -0.25) is 0 Å². The van der Waals surface area contributed by atoms with E-state index in [2.05, 4.69) is 0 Å². The van der Waals surface area contributed by atoms with Crippen molar-refractivity contribution in [1.82, 2.24) is 0 Å². The number of hydrogen-bond acceptors (Lipinski definition) is 7. The van der Waals surface area contributed by atoms with Gasteiger partial charge in [0, 0.05) is 18.1 Å². The minimum atomic E-state index is -0.645. The van der Waals surface area contributed by atoms with E-state index in [1.807, 2.05) is 43.3 Å². The summed E-state index contributed by atoms with van der Waals surface area (Å²) in [6.45, 7) is 6.40. The summed E-state index contributed by atoms with van der Waals surface area (Å²) >= 11 is 0. The van der Waals surface area contributed by atoms with Gasteiger partial charge in [0.2, 0.25) is 0 Å². The summed E-state index contributed by atoms with van der Waals surface area (Å²) in [5, 5.41) is 0. The standard InChI is InChI=1S/C26H29NO6/c1-5-31-21-14-10-19(11-15-21)27-16-22(25(28)32-6-2)24(23(17-27)26(29)33-7-3)18-8-12-20(30-4)13-9-18/h8-17,24H,5-7H2,1-4H3. The van der Waals surface area contributed by atoms with Crippen molar-refractivity contribution in [2.24, 2.45) is 0 Å². The van der Waals surface area contributed by atoms with Crippen LogP contribution in [0.2, 0.25) is 0 Å². The lowest BCUT2D eigenvalue weighted by molar-refractivity contribution is -0.139. The number of ether oxygens (including phenoxy) is 4. The topological polar surface area (TPSA) is 74.3 Å². The third-order valence-corrected chi connectivity index (χ3v) is 5.10. The molecular formula is C26H29NO6. The van der Waals surface area contributed by atoms with Gasteiger partial charge in [0.1, 0.15) is 11.5 Å². The molecule has 0 unspecified atom stereocenters. The van der Waals surface area contributed by atoms with Crippen LogP contribution in [0.3, 0.4) is 0 Å². The number of carbonyl (C=O) groups is 2. The Morgan fingerprint density at radius 1 is 0.758 bits per heavy atom. The lowest BCUT2D eigenvalue weighted by Crippen LogP contribution is -2.29. The van der Waals surface area contributed by atoms with Crippen molar-refractivity contribution in [3.63, 3.8) is 0 Å². The lowest BCUT2D eigenvalue weighted by Gasteiger charge is -2.30. The maximum Gasteiger partial charge on any atom is 0.336 e. The SMILES string of the molecule is CCOC(=O)C1=CN(c2ccc(OCC)cc2)C=C(C(=O)OCC)C1c1ccc(OC)cc1. The molecule has 0 bridgehead atoms. The molecule has 174 valence electrons. The van der Waals surface area contributed by atoms with Gasteiger partial charge >= 0.3 is 11.9 Å². The van der Waals surface area contributed by atoms with Gasteiger partial charge < -0.3 is 23.8 Å². The molecule has 3 rings (SSSR count). The molecule has 0 aliphatic carbocycles. The van der Waals surface area contributed by atoms with Crippen molar-refractivity contribution in [3.05, 3.63) is 77.6 Å². The molecule has 0 atom stereocenters. The molecule has 0 radical (unpaired) electrons. The maximum atomic E-state index is 13.0. The lowest BCUT2D eigenvalue weighted by atomic mass is 9.83. The Labute approximate surface area is 194 Å². The number of carbonyl (C=O) groups excluding carboxylic acids is 2. The first-order chi connectivity index (χ1) is 16.0. The van der Waals surface area contributed by atoms with Gasteiger partial charge in [0.15, 0.2) is 0 Å². The van der Waals surface area contributed by atoms with E-state index >= 15 is 0 Å². The molecule has 0 fully saturated rings. The van der Waals surface area contributed by atoms with Crippen LogP contribution in [0, 0.1) is 0 Å². The highest BCUT2D eigenvalue weighted by atomic mass is 16.5. The predicted octanol–water partition coefficient (Wildman–Crippen LogP) is 4.59. The van der Waals surface area contributed by atoms with E-state index in [-0.39, 0.29) is 13.2 Å². The Morgan fingerprint density at radius 2 is 1.27 bits per heavy atom. The van der Waals surface area contributed by atoms with Gasteiger partial charge in [0.05, 0.1) is 44.0 Å². The Balaban J connectivity index is 2.11. The van der Waals surface area contributed by atoms with Crippen molar-refractivity contribution >= 4 is 17.6 Å². The number of methoxy groups -OCH3 is 1. The zero-order valence-corrected chi connectivity index (χ0v) is 19.4. The third kappa shape index (κ3) is 5.55. The van der Waals surface area contributed by atoms with Gasteiger partial charge in [-0.15, -0.1) is 0 Å².